The summed E-state index contributed by atoms with van der Waals surface area (Å²) in [6.07, 6.45) is 0.235. The summed E-state index contributed by atoms with van der Waals surface area (Å²) in [5.41, 5.74) is 0.380. The van der Waals surface area contributed by atoms with Crippen molar-refractivity contribution in [2.45, 2.75) is 25.8 Å². The molecule has 0 saturated carbocycles. The molecule has 0 aliphatic carbocycles. The first-order valence-electron chi connectivity index (χ1n) is 6.56. The Morgan fingerprint density at radius 3 is 2.43 bits per heavy atom. The van der Waals surface area contributed by atoms with Crippen molar-refractivity contribution in [2.24, 2.45) is 0 Å². The third-order valence-corrected chi connectivity index (χ3v) is 4.35. The molecule has 0 radical (unpaired) electrons. The van der Waals surface area contributed by atoms with Gasteiger partial charge in [0.15, 0.2) is 0 Å². The Bertz CT molecular complexity index is 651. The van der Waals surface area contributed by atoms with Gasteiger partial charge in [-0.1, -0.05) is 30.3 Å². The summed E-state index contributed by atoms with van der Waals surface area (Å²) >= 11 is 1.31. The lowest BCUT2D eigenvalue weighted by Crippen LogP contribution is -2.53. The Morgan fingerprint density at radius 1 is 1.24 bits per heavy atom. The van der Waals surface area contributed by atoms with Gasteiger partial charge in [0.05, 0.1) is 4.88 Å². The van der Waals surface area contributed by atoms with Crippen molar-refractivity contribution >= 4 is 23.2 Å². The lowest BCUT2D eigenvalue weighted by molar-refractivity contribution is -0.143. The molecule has 0 spiro atoms. The molecule has 1 aromatic carbocycles. The second-order valence-corrected chi connectivity index (χ2v) is 6.10. The van der Waals surface area contributed by atoms with Crippen LogP contribution in [0.5, 0.6) is 0 Å². The zero-order chi connectivity index (χ0) is 15.5. The van der Waals surface area contributed by atoms with E-state index in [9.17, 15) is 14.7 Å². The van der Waals surface area contributed by atoms with Gasteiger partial charge in [0.25, 0.3) is 5.91 Å². The van der Waals surface area contributed by atoms with Gasteiger partial charge in [0.2, 0.25) is 0 Å². The summed E-state index contributed by atoms with van der Waals surface area (Å²) in [5.74, 6) is -1.39. The topological polar surface area (TPSA) is 66.4 Å². The van der Waals surface area contributed by atoms with Crippen LogP contribution >= 0.6 is 11.3 Å². The van der Waals surface area contributed by atoms with E-state index in [1.54, 1.807) is 0 Å². The highest BCUT2D eigenvalue weighted by molar-refractivity contribution is 7.12. The molecule has 4 nitrogen and oxygen atoms in total. The number of hydrogen-bond acceptors (Lipinski definition) is 3. The third kappa shape index (κ3) is 3.49. The van der Waals surface area contributed by atoms with Crippen LogP contribution in [0.25, 0.3) is 0 Å². The maximum Gasteiger partial charge on any atom is 0.329 e. The Morgan fingerprint density at radius 2 is 1.90 bits per heavy atom. The van der Waals surface area contributed by atoms with Gasteiger partial charge < -0.3 is 10.4 Å². The highest BCUT2D eigenvalue weighted by Crippen LogP contribution is 2.19. The van der Waals surface area contributed by atoms with Crippen LogP contribution in [0.4, 0.5) is 0 Å². The molecule has 110 valence electrons. The third-order valence-electron chi connectivity index (χ3n) is 3.33. The molecule has 1 amide bonds. The minimum atomic E-state index is -1.34. The van der Waals surface area contributed by atoms with Gasteiger partial charge >= 0.3 is 5.97 Å². The van der Waals surface area contributed by atoms with Gasteiger partial charge in [-0.3, -0.25) is 4.79 Å². The molecule has 2 rings (SSSR count). The molecule has 0 aliphatic heterocycles. The zero-order valence-corrected chi connectivity index (χ0v) is 12.7. The van der Waals surface area contributed by atoms with Crippen LogP contribution in [-0.2, 0) is 11.2 Å². The second kappa shape index (κ2) is 6.10. The van der Waals surface area contributed by atoms with Crippen molar-refractivity contribution in [1.29, 1.82) is 0 Å². The van der Waals surface area contributed by atoms with E-state index in [4.69, 9.17) is 0 Å². The van der Waals surface area contributed by atoms with Crippen LogP contribution in [0.1, 0.15) is 27.7 Å². The van der Waals surface area contributed by atoms with E-state index in [0.29, 0.717) is 4.88 Å². The number of thiophene rings is 1. The SMILES string of the molecule is Cc1ccsc1C(=O)N[C@@](C)(Cc1ccccc1)C(=O)O. The molecule has 21 heavy (non-hydrogen) atoms. The molecule has 5 heteroatoms. The first-order valence-corrected chi connectivity index (χ1v) is 7.44. The fraction of sp³-hybridized carbons (Fsp3) is 0.250. The maximum atomic E-state index is 12.3. The van der Waals surface area contributed by atoms with Gasteiger partial charge in [-0.05, 0) is 36.4 Å². The summed E-state index contributed by atoms with van der Waals surface area (Å²) < 4.78 is 0. The van der Waals surface area contributed by atoms with E-state index in [0.717, 1.165) is 11.1 Å². The number of aryl methyl sites for hydroxylation is 1. The average molecular weight is 303 g/mol. The smallest absolute Gasteiger partial charge is 0.329 e. The number of carboxylic acid groups (broad SMARTS) is 1. The van der Waals surface area contributed by atoms with E-state index in [-0.39, 0.29) is 12.3 Å². The number of amides is 1. The van der Waals surface area contributed by atoms with Crippen molar-refractivity contribution in [1.82, 2.24) is 5.32 Å². The number of carboxylic acids is 1. The summed E-state index contributed by atoms with van der Waals surface area (Å²) in [6, 6.07) is 11.1. The first kappa shape index (κ1) is 15.3. The molecular formula is C16H17NO3S. The number of nitrogens with one attached hydrogen (secondary N) is 1. The van der Waals surface area contributed by atoms with E-state index in [1.807, 2.05) is 48.7 Å². The summed E-state index contributed by atoms with van der Waals surface area (Å²) in [7, 11) is 0. The predicted octanol–water partition coefficient (Wildman–Crippen LogP) is 2.87. The number of aliphatic carboxylic acids is 1. The van der Waals surface area contributed by atoms with Crippen LogP contribution in [0.3, 0.4) is 0 Å². The molecule has 0 unspecified atom stereocenters. The fourth-order valence-corrected chi connectivity index (χ4v) is 2.91. The Hall–Kier alpha value is -2.14. The summed E-state index contributed by atoms with van der Waals surface area (Å²) in [4.78, 5) is 24.4. The first-order chi connectivity index (χ1) is 9.92. The number of carbonyl (C=O) groups excluding carboxylic acids is 1. The van der Waals surface area contributed by atoms with Crippen LogP contribution in [0.15, 0.2) is 41.8 Å². The van der Waals surface area contributed by atoms with Crippen molar-refractivity contribution in [2.75, 3.05) is 0 Å². The Balaban J connectivity index is 2.21. The quantitative estimate of drug-likeness (QED) is 0.892. The van der Waals surface area contributed by atoms with E-state index in [1.165, 1.54) is 18.3 Å². The predicted molar refractivity (Wildman–Crippen MR) is 82.7 cm³/mol. The average Bonchev–Trinajstić information content (AvgIpc) is 2.86. The molecule has 1 atom stereocenters. The lowest BCUT2D eigenvalue weighted by Gasteiger charge is -2.26. The van der Waals surface area contributed by atoms with Gasteiger partial charge in [0.1, 0.15) is 5.54 Å². The molecule has 0 saturated heterocycles. The Labute approximate surface area is 127 Å². The van der Waals surface area contributed by atoms with E-state index < -0.39 is 11.5 Å². The second-order valence-electron chi connectivity index (χ2n) is 5.19. The van der Waals surface area contributed by atoms with Crippen LogP contribution < -0.4 is 5.32 Å². The van der Waals surface area contributed by atoms with Crippen LogP contribution in [0.2, 0.25) is 0 Å². The number of rotatable bonds is 5. The Kier molecular flexibility index (Phi) is 4.43. The largest absolute Gasteiger partial charge is 0.480 e. The summed E-state index contributed by atoms with van der Waals surface area (Å²) in [6.45, 7) is 3.36. The molecule has 1 aromatic heterocycles. The van der Waals surface area contributed by atoms with Crippen molar-refractivity contribution < 1.29 is 14.7 Å². The molecule has 0 fully saturated rings. The lowest BCUT2D eigenvalue weighted by atomic mass is 9.92. The molecule has 2 N–H and O–H groups in total. The molecule has 0 bridgehead atoms. The maximum absolute atomic E-state index is 12.3. The molecule has 0 aliphatic rings. The minimum Gasteiger partial charge on any atom is -0.480 e. The monoisotopic (exact) mass is 303 g/mol. The van der Waals surface area contributed by atoms with Crippen molar-refractivity contribution in [3.8, 4) is 0 Å². The molecule has 2 aromatic rings. The van der Waals surface area contributed by atoms with Gasteiger partial charge in [0, 0.05) is 6.42 Å². The van der Waals surface area contributed by atoms with E-state index >= 15 is 0 Å². The highest BCUT2D eigenvalue weighted by atomic mass is 32.1. The zero-order valence-electron chi connectivity index (χ0n) is 11.9. The van der Waals surface area contributed by atoms with Gasteiger partial charge in [-0.2, -0.15) is 0 Å². The fourth-order valence-electron chi connectivity index (χ4n) is 2.09. The van der Waals surface area contributed by atoms with Crippen molar-refractivity contribution in [3.05, 3.63) is 57.8 Å². The number of benzene rings is 1. The standard InChI is InChI=1S/C16H17NO3S/c1-11-8-9-21-13(11)14(18)17-16(2,15(19)20)10-12-6-4-3-5-7-12/h3-9H,10H2,1-2H3,(H,17,18)(H,19,20)/t16-/m0/s1. The molecular weight excluding hydrogens is 286 g/mol. The highest BCUT2D eigenvalue weighted by Gasteiger charge is 2.35. The molecule has 1 heterocycles. The van der Waals surface area contributed by atoms with Crippen LogP contribution in [0, 0.1) is 6.92 Å². The summed E-state index contributed by atoms with van der Waals surface area (Å²) in [5, 5.41) is 14.0. The number of carbonyl (C=O) groups is 2. The number of hydrogen-bond donors (Lipinski definition) is 2. The van der Waals surface area contributed by atoms with Gasteiger partial charge in [-0.15, -0.1) is 11.3 Å². The normalized spacial score (nSPS) is 13.4. The van der Waals surface area contributed by atoms with Crippen molar-refractivity contribution in [3.63, 3.8) is 0 Å². The van der Waals surface area contributed by atoms with Crippen LogP contribution in [-0.4, -0.2) is 22.5 Å². The van der Waals surface area contributed by atoms with E-state index in [2.05, 4.69) is 5.32 Å². The van der Waals surface area contributed by atoms with Gasteiger partial charge in [-0.25, -0.2) is 4.79 Å². The minimum absolute atomic E-state index is 0.235.